The minimum absolute atomic E-state index is 0.123. The van der Waals surface area contributed by atoms with Crippen molar-refractivity contribution in [1.82, 2.24) is 5.32 Å². The molecule has 0 unspecified atom stereocenters. The van der Waals surface area contributed by atoms with E-state index < -0.39 is 6.10 Å². The van der Waals surface area contributed by atoms with Crippen LogP contribution in [0.1, 0.15) is 50.8 Å². The molecule has 1 aliphatic rings. The second-order valence-corrected chi connectivity index (χ2v) is 7.83. The van der Waals surface area contributed by atoms with Gasteiger partial charge in [0.05, 0.1) is 13.2 Å². The Morgan fingerprint density at radius 3 is 2.64 bits per heavy atom. The monoisotopic (exact) mass is 383 g/mol. The van der Waals surface area contributed by atoms with Crippen molar-refractivity contribution < 1.29 is 19.0 Å². The summed E-state index contributed by atoms with van der Waals surface area (Å²) < 4.78 is 17.4. The van der Waals surface area contributed by atoms with E-state index in [1.54, 1.807) is 7.11 Å². The maximum atomic E-state index is 13.0. The minimum atomic E-state index is -0.601. The molecule has 28 heavy (non-hydrogen) atoms. The third-order valence-corrected chi connectivity index (χ3v) is 4.94. The molecule has 0 spiro atoms. The number of benzene rings is 2. The first kappa shape index (κ1) is 20.1. The molecule has 0 radical (unpaired) electrons. The van der Waals surface area contributed by atoms with Crippen molar-refractivity contribution in [3.63, 3.8) is 0 Å². The summed E-state index contributed by atoms with van der Waals surface area (Å²) in [6.07, 6.45) is 0.646. The van der Waals surface area contributed by atoms with Gasteiger partial charge in [-0.3, -0.25) is 4.79 Å². The zero-order valence-corrected chi connectivity index (χ0v) is 17.2. The standard InChI is InChI=1S/C23H29NO4/c1-6-18(27-20-10-8-7-9-19(20)26-5)22(25)24-17-14-23(3,4)28-21-13-15(2)11-12-16(17)21/h7-13,17-18H,6,14H2,1-5H3,(H,24,25)/t17-,18+/m0/s1. The van der Waals surface area contributed by atoms with Crippen molar-refractivity contribution >= 4 is 5.91 Å². The summed E-state index contributed by atoms with van der Waals surface area (Å²) in [5, 5.41) is 3.17. The van der Waals surface area contributed by atoms with Gasteiger partial charge in [0, 0.05) is 12.0 Å². The summed E-state index contributed by atoms with van der Waals surface area (Å²) in [5.74, 6) is 1.87. The van der Waals surface area contributed by atoms with Gasteiger partial charge in [-0.2, -0.15) is 0 Å². The van der Waals surface area contributed by atoms with Gasteiger partial charge in [0.15, 0.2) is 17.6 Å². The Hall–Kier alpha value is -2.69. The zero-order chi connectivity index (χ0) is 20.3. The van der Waals surface area contributed by atoms with Crippen LogP contribution in [-0.4, -0.2) is 24.7 Å². The lowest BCUT2D eigenvalue weighted by molar-refractivity contribution is -0.129. The fourth-order valence-corrected chi connectivity index (χ4v) is 3.54. The SMILES string of the molecule is CC[C@@H](Oc1ccccc1OC)C(=O)N[C@H]1CC(C)(C)Oc2cc(C)ccc21. The van der Waals surface area contributed by atoms with Crippen molar-refractivity contribution in [3.05, 3.63) is 53.6 Å². The Morgan fingerprint density at radius 1 is 1.25 bits per heavy atom. The first-order valence-electron chi connectivity index (χ1n) is 9.72. The second-order valence-electron chi connectivity index (χ2n) is 7.83. The van der Waals surface area contributed by atoms with Gasteiger partial charge in [0.25, 0.3) is 5.91 Å². The molecule has 5 heteroatoms. The van der Waals surface area contributed by atoms with Crippen molar-refractivity contribution in [1.29, 1.82) is 0 Å². The van der Waals surface area contributed by atoms with E-state index in [2.05, 4.69) is 5.32 Å². The molecular weight excluding hydrogens is 354 g/mol. The number of methoxy groups -OCH3 is 1. The van der Waals surface area contributed by atoms with Crippen molar-refractivity contribution in [2.45, 2.75) is 58.3 Å². The highest BCUT2D eigenvalue weighted by Crippen LogP contribution is 2.40. The van der Waals surface area contributed by atoms with Crippen LogP contribution < -0.4 is 19.5 Å². The van der Waals surface area contributed by atoms with E-state index >= 15 is 0 Å². The van der Waals surface area contributed by atoms with Crippen molar-refractivity contribution in [3.8, 4) is 17.2 Å². The molecule has 2 atom stereocenters. The summed E-state index contributed by atoms with van der Waals surface area (Å²) in [6, 6.07) is 13.3. The molecule has 0 saturated heterocycles. The van der Waals surface area contributed by atoms with E-state index in [1.165, 1.54) is 0 Å². The van der Waals surface area contributed by atoms with Gasteiger partial charge in [-0.15, -0.1) is 0 Å². The molecule has 0 bridgehead atoms. The first-order chi connectivity index (χ1) is 13.3. The molecule has 1 heterocycles. The van der Waals surface area contributed by atoms with E-state index in [1.807, 2.05) is 70.2 Å². The quantitative estimate of drug-likeness (QED) is 0.793. The van der Waals surface area contributed by atoms with Gasteiger partial charge in [0.1, 0.15) is 11.4 Å². The number of para-hydroxylation sites is 2. The molecular formula is C23H29NO4. The topological polar surface area (TPSA) is 56.8 Å². The molecule has 1 amide bonds. The van der Waals surface area contributed by atoms with E-state index in [9.17, 15) is 4.79 Å². The highest BCUT2D eigenvalue weighted by molar-refractivity contribution is 5.81. The highest BCUT2D eigenvalue weighted by Gasteiger charge is 2.35. The molecule has 2 aromatic carbocycles. The Morgan fingerprint density at radius 2 is 1.96 bits per heavy atom. The maximum Gasteiger partial charge on any atom is 0.261 e. The normalized spacial score (nSPS) is 18.4. The molecule has 1 aliphatic heterocycles. The number of fused-ring (bicyclic) bond motifs is 1. The van der Waals surface area contributed by atoms with Crippen LogP contribution in [0.4, 0.5) is 0 Å². The van der Waals surface area contributed by atoms with Crippen LogP contribution >= 0.6 is 0 Å². The fourth-order valence-electron chi connectivity index (χ4n) is 3.54. The highest BCUT2D eigenvalue weighted by atomic mass is 16.5. The van der Waals surface area contributed by atoms with Crippen LogP contribution in [0.25, 0.3) is 0 Å². The zero-order valence-electron chi connectivity index (χ0n) is 17.2. The lowest BCUT2D eigenvalue weighted by Gasteiger charge is -2.38. The number of rotatable bonds is 6. The largest absolute Gasteiger partial charge is 0.493 e. The number of carbonyl (C=O) groups is 1. The van der Waals surface area contributed by atoms with Gasteiger partial charge < -0.3 is 19.5 Å². The number of nitrogens with one attached hydrogen (secondary N) is 1. The molecule has 1 N–H and O–H groups in total. The summed E-state index contributed by atoms with van der Waals surface area (Å²) in [4.78, 5) is 13.0. The Balaban J connectivity index is 1.79. The predicted octanol–water partition coefficient (Wildman–Crippen LogP) is 4.58. The van der Waals surface area contributed by atoms with Crippen LogP contribution in [0.15, 0.2) is 42.5 Å². The lowest BCUT2D eigenvalue weighted by atomic mass is 9.89. The van der Waals surface area contributed by atoms with Gasteiger partial charge in [0.2, 0.25) is 0 Å². The van der Waals surface area contributed by atoms with E-state index in [-0.39, 0.29) is 17.6 Å². The van der Waals surface area contributed by atoms with Gasteiger partial charge >= 0.3 is 0 Å². The first-order valence-corrected chi connectivity index (χ1v) is 9.72. The Labute approximate surface area is 167 Å². The number of hydrogen-bond acceptors (Lipinski definition) is 4. The number of ether oxygens (including phenoxy) is 3. The Kier molecular flexibility index (Phi) is 5.82. The van der Waals surface area contributed by atoms with Crippen LogP contribution in [0.2, 0.25) is 0 Å². The molecule has 150 valence electrons. The average Bonchev–Trinajstić information content (AvgIpc) is 2.64. The van der Waals surface area contributed by atoms with Crippen LogP contribution in [-0.2, 0) is 4.79 Å². The maximum absolute atomic E-state index is 13.0. The third-order valence-electron chi connectivity index (χ3n) is 4.94. The third kappa shape index (κ3) is 4.41. The predicted molar refractivity (Wildman–Crippen MR) is 109 cm³/mol. The summed E-state index contributed by atoms with van der Waals surface area (Å²) in [5.41, 5.74) is 1.78. The number of amides is 1. The summed E-state index contributed by atoms with van der Waals surface area (Å²) in [6.45, 7) is 8.05. The molecule has 3 rings (SSSR count). The van der Waals surface area contributed by atoms with Gasteiger partial charge in [-0.1, -0.05) is 31.2 Å². The number of aryl methyl sites for hydroxylation is 1. The van der Waals surface area contributed by atoms with Crippen LogP contribution in [0, 0.1) is 6.92 Å². The molecule has 0 aromatic heterocycles. The van der Waals surface area contributed by atoms with Crippen molar-refractivity contribution in [2.75, 3.05) is 7.11 Å². The van der Waals surface area contributed by atoms with E-state index in [0.717, 1.165) is 16.9 Å². The second kappa shape index (κ2) is 8.13. The Bertz CT molecular complexity index is 846. The van der Waals surface area contributed by atoms with Gasteiger partial charge in [-0.25, -0.2) is 0 Å². The van der Waals surface area contributed by atoms with Crippen LogP contribution in [0.3, 0.4) is 0 Å². The lowest BCUT2D eigenvalue weighted by Crippen LogP contribution is -2.45. The average molecular weight is 383 g/mol. The number of hydrogen-bond donors (Lipinski definition) is 1. The minimum Gasteiger partial charge on any atom is -0.493 e. The smallest absolute Gasteiger partial charge is 0.261 e. The van der Waals surface area contributed by atoms with Crippen LogP contribution in [0.5, 0.6) is 17.2 Å². The van der Waals surface area contributed by atoms with E-state index in [4.69, 9.17) is 14.2 Å². The fraction of sp³-hybridized carbons (Fsp3) is 0.435. The summed E-state index contributed by atoms with van der Waals surface area (Å²) >= 11 is 0. The van der Waals surface area contributed by atoms with Gasteiger partial charge in [-0.05, 0) is 51.0 Å². The molecule has 0 aliphatic carbocycles. The number of carbonyl (C=O) groups excluding carboxylic acids is 1. The van der Waals surface area contributed by atoms with Crippen molar-refractivity contribution in [2.24, 2.45) is 0 Å². The molecule has 5 nitrogen and oxygen atoms in total. The molecule has 2 aromatic rings. The molecule has 0 saturated carbocycles. The van der Waals surface area contributed by atoms with E-state index in [0.29, 0.717) is 24.3 Å². The molecule has 0 fully saturated rings. The summed E-state index contributed by atoms with van der Waals surface area (Å²) in [7, 11) is 1.59.